The summed E-state index contributed by atoms with van der Waals surface area (Å²) in [5.74, 6) is -0.0363. The van der Waals surface area contributed by atoms with E-state index in [0.717, 1.165) is 0 Å². The van der Waals surface area contributed by atoms with E-state index in [1.807, 2.05) is 0 Å². The highest BCUT2D eigenvalue weighted by Crippen LogP contribution is 2.15. The number of urea groups is 1. The van der Waals surface area contributed by atoms with Crippen LogP contribution in [0.25, 0.3) is 5.65 Å². The number of benzene rings is 1. The first-order valence-electron chi connectivity index (χ1n) is 6.97. The Balaban J connectivity index is 1.80. The number of carbonyl (C=O) groups excluding carboxylic acids is 2. The van der Waals surface area contributed by atoms with Crippen LogP contribution in [0.1, 0.15) is 10.5 Å². The van der Waals surface area contributed by atoms with Crippen molar-refractivity contribution in [3.63, 3.8) is 0 Å². The number of imidazole rings is 1. The van der Waals surface area contributed by atoms with Crippen LogP contribution in [0.15, 0.2) is 42.6 Å². The average Bonchev–Trinajstić information content (AvgIpc) is 2.97. The van der Waals surface area contributed by atoms with Gasteiger partial charge in [0, 0.05) is 17.8 Å². The van der Waals surface area contributed by atoms with Crippen molar-refractivity contribution in [2.45, 2.75) is 0 Å². The maximum atomic E-state index is 12.3. The molecule has 0 unspecified atom stereocenters. The summed E-state index contributed by atoms with van der Waals surface area (Å²) in [5.41, 5.74) is 1.32. The molecule has 9 heteroatoms. The smallest absolute Gasteiger partial charge is 0.320 e. The minimum Gasteiger partial charge on any atom is -0.341 e. The van der Waals surface area contributed by atoms with E-state index in [0.29, 0.717) is 22.2 Å². The second-order valence-corrected chi connectivity index (χ2v) is 5.25. The predicted molar refractivity (Wildman–Crippen MR) is 90.5 cm³/mol. The molecule has 0 atom stereocenters. The molecule has 2 aromatic heterocycles. The van der Waals surface area contributed by atoms with Crippen LogP contribution in [0.5, 0.6) is 0 Å². The van der Waals surface area contributed by atoms with E-state index in [1.54, 1.807) is 36.4 Å². The van der Waals surface area contributed by atoms with Gasteiger partial charge < -0.3 is 10.6 Å². The lowest BCUT2D eigenvalue weighted by molar-refractivity contribution is 0.102. The van der Waals surface area contributed by atoms with E-state index in [2.05, 4.69) is 26.0 Å². The molecule has 3 N–H and O–H groups in total. The van der Waals surface area contributed by atoms with Crippen LogP contribution in [0.2, 0.25) is 5.02 Å². The molecule has 0 saturated heterocycles. The van der Waals surface area contributed by atoms with Crippen molar-refractivity contribution in [2.24, 2.45) is 0 Å². The van der Waals surface area contributed by atoms with Gasteiger partial charge in [-0.3, -0.25) is 10.1 Å². The van der Waals surface area contributed by atoms with Gasteiger partial charge in [0.15, 0.2) is 11.5 Å². The second kappa shape index (κ2) is 6.55. The Hall–Kier alpha value is -3.13. The Morgan fingerprint density at radius 2 is 1.83 bits per heavy atom. The zero-order chi connectivity index (χ0) is 17.1. The summed E-state index contributed by atoms with van der Waals surface area (Å²) in [4.78, 5) is 27.7. The first kappa shape index (κ1) is 15.8. The number of hydrogen-bond donors (Lipinski definition) is 3. The summed E-state index contributed by atoms with van der Waals surface area (Å²) in [6.07, 6.45) is 1.52. The van der Waals surface area contributed by atoms with Crippen LogP contribution in [0, 0.1) is 0 Å². The van der Waals surface area contributed by atoms with Gasteiger partial charge in [-0.15, -0.1) is 0 Å². The number of nitrogens with one attached hydrogen (secondary N) is 3. The molecule has 2 heterocycles. The number of aromatic nitrogens is 3. The average molecular weight is 345 g/mol. The van der Waals surface area contributed by atoms with Gasteiger partial charge >= 0.3 is 6.03 Å². The van der Waals surface area contributed by atoms with E-state index in [9.17, 15) is 9.59 Å². The molecule has 0 bridgehead atoms. The number of anilines is 2. The first-order chi connectivity index (χ1) is 11.5. The number of rotatable bonds is 3. The molecular weight excluding hydrogens is 332 g/mol. The molecule has 3 amide bonds. The summed E-state index contributed by atoms with van der Waals surface area (Å²) < 4.78 is 1.42. The third kappa shape index (κ3) is 3.44. The Labute approximate surface area is 141 Å². The number of fused-ring (bicyclic) bond motifs is 1. The highest BCUT2D eigenvalue weighted by molar-refractivity contribution is 6.30. The van der Waals surface area contributed by atoms with Gasteiger partial charge in [0.25, 0.3) is 5.91 Å². The lowest BCUT2D eigenvalue weighted by atomic mass is 10.3. The molecule has 3 aromatic rings. The second-order valence-electron chi connectivity index (χ2n) is 4.81. The van der Waals surface area contributed by atoms with Crippen LogP contribution < -0.4 is 16.0 Å². The van der Waals surface area contributed by atoms with E-state index < -0.39 is 0 Å². The highest BCUT2D eigenvalue weighted by Gasteiger charge is 2.11. The molecule has 0 aliphatic heterocycles. The summed E-state index contributed by atoms with van der Waals surface area (Å²) in [6, 6.07) is 9.55. The predicted octanol–water partition coefficient (Wildman–Crippen LogP) is 2.39. The summed E-state index contributed by atoms with van der Waals surface area (Å²) >= 11 is 5.81. The van der Waals surface area contributed by atoms with Gasteiger partial charge in [-0.25, -0.2) is 14.3 Å². The molecular formula is C15H13ClN6O2. The maximum absolute atomic E-state index is 12.3. The minimum absolute atomic E-state index is 0.210. The number of halogens is 1. The summed E-state index contributed by atoms with van der Waals surface area (Å²) in [5, 5.41) is 12.5. The SMILES string of the molecule is CNC(=O)Nc1cn2nc(C(=O)Nc3ccc(Cl)cc3)ccc2n1. The van der Waals surface area contributed by atoms with Crippen molar-refractivity contribution in [1.29, 1.82) is 0 Å². The van der Waals surface area contributed by atoms with E-state index in [-0.39, 0.29) is 17.6 Å². The molecule has 0 aliphatic carbocycles. The lowest BCUT2D eigenvalue weighted by Gasteiger charge is -2.04. The molecule has 0 fully saturated rings. The number of amides is 3. The van der Waals surface area contributed by atoms with Gasteiger partial charge in [-0.2, -0.15) is 5.10 Å². The fraction of sp³-hybridized carbons (Fsp3) is 0.0667. The molecule has 0 spiro atoms. The Morgan fingerprint density at radius 1 is 1.08 bits per heavy atom. The van der Waals surface area contributed by atoms with Crippen LogP contribution in [-0.4, -0.2) is 33.6 Å². The summed E-state index contributed by atoms with van der Waals surface area (Å²) in [7, 11) is 1.50. The van der Waals surface area contributed by atoms with Crippen molar-refractivity contribution in [1.82, 2.24) is 19.9 Å². The molecule has 24 heavy (non-hydrogen) atoms. The Kier molecular flexibility index (Phi) is 4.30. The minimum atomic E-state index is -0.390. The standard InChI is InChI=1S/C15H13ClN6O2/c1-17-15(24)20-12-8-22-13(19-12)7-6-11(21-22)14(23)18-10-4-2-9(16)3-5-10/h2-8H,1H3,(H,18,23)(H2,17,20,24). The van der Waals surface area contributed by atoms with Gasteiger partial charge in [0.1, 0.15) is 5.69 Å². The van der Waals surface area contributed by atoms with Crippen molar-refractivity contribution >= 4 is 40.7 Å². The molecule has 0 aliphatic rings. The Bertz CT molecular complexity index is 906. The quantitative estimate of drug-likeness (QED) is 0.679. The van der Waals surface area contributed by atoms with Crippen LogP contribution in [0.4, 0.5) is 16.3 Å². The highest BCUT2D eigenvalue weighted by atomic mass is 35.5. The van der Waals surface area contributed by atoms with E-state index in [1.165, 1.54) is 17.8 Å². The Morgan fingerprint density at radius 3 is 2.54 bits per heavy atom. The molecule has 8 nitrogen and oxygen atoms in total. The van der Waals surface area contributed by atoms with Crippen LogP contribution in [0.3, 0.4) is 0 Å². The topological polar surface area (TPSA) is 100 Å². The number of hydrogen-bond acceptors (Lipinski definition) is 4. The zero-order valence-corrected chi connectivity index (χ0v) is 13.3. The number of nitrogens with zero attached hydrogens (tertiary/aromatic N) is 3. The molecule has 3 rings (SSSR count). The summed E-state index contributed by atoms with van der Waals surface area (Å²) in [6.45, 7) is 0. The van der Waals surface area contributed by atoms with Gasteiger partial charge in [-0.05, 0) is 36.4 Å². The van der Waals surface area contributed by atoms with Gasteiger partial charge in [0.05, 0.1) is 6.20 Å². The van der Waals surface area contributed by atoms with Gasteiger partial charge in [0.2, 0.25) is 0 Å². The van der Waals surface area contributed by atoms with Crippen LogP contribution in [-0.2, 0) is 0 Å². The fourth-order valence-electron chi connectivity index (χ4n) is 1.97. The van der Waals surface area contributed by atoms with Crippen molar-refractivity contribution in [2.75, 3.05) is 17.7 Å². The van der Waals surface area contributed by atoms with Crippen molar-refractivity contribution in [3.8, 4) is 0 Å². The van der Waals surface area contributed by atoms with Crippen LogP contribution >= 0.6 is 11.6 Å². The maximum Gasteiger partial charge on any atom is 0.320 e. The molecule has 1 aromatic carbocycles. The zero-order valence-electron chi connectivity index (χ0n) is 12.6. The fourth-order valence-corrected chi connectivity index (χ4v) is 2.10. The third-order valence-electron chi connectivity index (χ3n) is 3.12. The first-order valence-corrected chi connectivity index (χ1v) is 7.35. The van der Waals surface area contributed by atoms with Gasteiger partial charge in [-0.1, -0.05) is 11.6 Å². The molecule has 122 valence electrons. The van der Waals surface area contributed by atoms with E-state index in [4.69, 9.17) is 11.6 Å². The van der Waals surface area contributed by atoms with Crippen molar-refractivity contribution < 1.29 is 9.59 Å². The molecule has 0 saturated carbocycles. The monoisotopic (exact) mass is 344 g/mol. The lowest BCUT2D eigenvalue weighted by Crippen LogP contribution is -2.24. The normalized spacial score (nSPS) is 10.4. The van der Waals surface area contributed by atoms with Crippen molar-refractivity contribution in [3.05, 3.63) is 53.3 Å². The largest absolute Gasteiger partial charge is 0.341 e. The molecule has 0 radical (unpaired) electrons. The third-order valence-corrected chi connectivity index (χ3v) is 3.38. The number of carbonyl (C=O) groups is 2. The van der Waals surface area contributed by atoms with E-state index >= 15 is 0 Å².